The van der Waals surface area contributed by atoms with Gasteiger partial charge in [0.25, 0.3) is 7.52 Å². The molecule has 0 fully saturated rings. The minimum absolute atomic E-state index is 0.107. The zero-order valence-corrected chi connectivity index (χ0v) is 19.4. The number of carboxylic acid groups (broad SMARTS) is 1. The Hall–Kier alpha value is 0.320. The van der Waals surface area contributed by atoms with Gasteiger partial charge in [0.15, 0.2) is 0 Å². The summed E-state index contributed by atoms with van der Waals surface area (Å²) in [6.07, 6.45) is 5.61. The van der Waals surface area contributed by atoms with Gasteiger partial charge in [-0.25, -0.2) is 0 Å². The summed E-state index contributed by atoms with van der Waals surface area (Å²) >= 11 is 3.90. The highest BCUT2D eigenvalue weighted by molar-refractivity contribution is 8.00. The van der Waals surface area contributed by atoms with Crippen LogP contribution in [0.1, 0.15) is 66.2 Å². The fourth-order valence-corrected chi connectivity index (χ4v) is 6.33. The largest absolute Gasteiger partial charge is 0.481 e. The SMILES string of the molecule is CC(C)(CCCSCCCSCCCC(C)(C)CP(N)(=O)O)CC(=O)O. The van der Waals surface area contributed by atoms with Crippen molar-refractivity contribution in [3.8, 4) is 0 Å². The van der Waals surface area contributed by atoms with E-state index in [1.165, 1.54) is 6.42 Å². The summed E-state index contributed by atoms with van der Waals surface area (Å²) in [5.41, 5.74) is 4.98. The highest BCUT2D eigenvalue weighted by Crippen LogP contribution is 2.40. The molecule has 0 aromatic rings. The monoisotopic (exact) mass is 427 g/mol. The number of hydrogen-bond acceptors (Lipinski definition) is 4. The summed E-state index contributed by atoms with van der Waals surface area (Å²) in [7, 11) is -3.42. The molecular weight excluding hydrogens is 389 g/mol. The topological polar surface area (TPSA) is 101 Å². The lowest BCUT2D eigenvalue weighted by molar-refractivity contribution is -0.139. The zero-order chi connectivity index (χ0) is 20.3. The first kappa shape index (κ1) is 26.3. The second kappa shape index (κ2) is 12.7. The maximum Gasteiger partial charge on any atom is 0.303 e. The van der Waals surface area contributed by atoms with Gasteiger partial charge in [0.2, 0.25) is 0 Å². The summed E-state index contributed by atoms with van der Waals surface area (Å²) in [6.45, 7) is 8.05. The van der Waals surface area contributed by atoms with Crippen molar-refractivity contribution in [3.05, 3.63) is 0 Å². The lowest BCUT2D eigenvalue weighted by Crippen LogP contribution is -2.19. The Balaban J connectivity index is 3.52. The first-order valence-electron chi connectivity index (χ1n) is 9.31. The predicted molar refractivity (Wildman–Crippen MR) is 116 cm³/mol. The molecule has 0 saturated heterocycles. The summed E-state index contributed by atoms with van der Waals surface area (Å²) < 4.78 is 11.3. The molecule has 5 nitrogen and oxygen atoms in total. The van der Waals surface area contributed by atoms with E-state index in [1.807, 2.05) is 51.2 Å². The van der Waals surface area contributed by atoms with Crippen molar-refractivity contribution in [2.75, 3.05) is 29.2 Å². The van der Waals surface area contributed by atoms with Gasteiger partial charge >= 0.3 is 5.97 Å². The standard InChI is InChI=1S/C18H38NO4PS2/c1-17(2,14-16(20)21)8-5-10-25-12-7-13-26-11-6-9-18(3,4)15-24(19,22)23/h5-15H2,1-4H3,(H,20,21)(H3,19,22,23). The summed E-state index contributed by atoms with van der Waals surface area (Å²) in [5, 5.41) is 8.87. The summed E-state index contributed by atoms with van der Waals surface area (Å²) in [6, 6.07) is 0. The maximum absolute atomic E-state index is 11.3. The molecule has 4 N–H and O–H groups in total. The second-order valence-corrected chi connectivity index (χ2v) is 12.9. The normalized spacial score (nSPS) is 15.0. The molecule has 1 atom stereocenters. The van der Waals surface area contributed by atoms with Crippen LogP contribution in [0.2, 0.25) is 0 Å². The highest BCUT2D eigenvalue weighted by Gasteiger charge is 2.26. The Kier molecular flexibility index (Phi) is 12.9. The number of thioether (sulfide) groups is 2. The molecule has 0 heterocycles. The number of aliphatic carboxylic acids is 1. The molecule has 0 aliphatic heterocycles. The first-order valence-corrected chi connectivity index (χ1v) is 13.5. The van der Waals surface area contributed by atoms with Crippen LogP contribution in [0.3, 0.4) is 0 Å². The van der Waals surface area contributed by atoms with Crippen molar-refractivity contribution in [2.24, 2.45) is 16.3 Å². The predicted octanol–water partition coefficient (Wildman–Crippen LogP) is 5.07. The fourth-order valence-electron chi connectivity index (χ4n) is 2.96. The number of carboxylic acids is 1. The molecule has 0 aromatic heterocycles. The van der Waals surface area contributed by atoms with Gasteiger partial charge in [0.05, 0.1) is 6.42 Å². The van der Waals surface area contributed by atoms with E-state index >= 15 is 0 Å². The lowest BCUT2D eigenvalue weighted by atomic mass is 9.85. The van der Waals surface area contributed by atoms with Crippen molar-refractivity contribution in [1.29, 1.82) is 0 Å². The molecule has 0 spiro atoms. The molecule has 0 radical (unpaired) electrons. The third-order valence-electron chi connectivity index (χ3n) is 4.15. The molecule has 0 saturated carbocycles. The smallest absolute Gasteiger partial charge is 0.303 e. The van der Waals surface area contributed by atoms with E-state index in [9.17, 15) is 14.3 Å². The average Bonchev–Trinajstić information content (AvgIpc) is 2.40. The Bertz CT molecular complexity index is 452. The van der Waals surface area contributed by atoms with Gasteiger partial charge in [-0.15, -0.1) is 0 Å². The lowest BCUT2D eigenvalue weighted by Gasteiger charge is -2.25. The second-order valence-electron chi connectivity index (χ2n) is 8.60. The van der Waals surface area contributed by atoms with Crippen LogP contribution >= 0.6 is 31.0 Å². The number of carbonyl (C=O) groups is 1. The van der Waals surface area contributed by atoms with E-state index in [-0.39, 0.29) is 23.4 Å². The molecule has 8 heteroatoms. The summed E-state index contributed by atoms with van der Waals surface area (Å²) in [4.78, 5) is 20.1. The van der Waals surface area contributed by atoms with Crippen molar-refractivity contribution in [2.45, 2.75) is 66.2 Å². The van der Waals surface area contributed by atoms with Crippen LogP contribution in [0.5, 0.6) is 0 Å². The molecule has 0 aromatic carbocycles. The van der Waals surface area contributed by atoms with E-state index < -0.39 is 13.5 Å². The van der Waals surface area contributed by atoms with Gasteiger partial charge in [-0.1, -0.05) is 27.7 Å². The van der Waals surface area contributed by atoms with E-state index in [0.717, 1.165) is 48.7 Å². The van der Waals surface area contributed by atoms with E-state index in [4.69, 9.17) is 10.6 Å². The molecular formula is C18H38NO4PS2. The number of nitrogens with two attached hydrogens (primary N) is 1. The van der Waals surface area contributed by atoms with Gasteiger partial charge in [-0.05, 0) is 65.9 Å². The quantitative estimate of drug-likeness (QED) is 0.233. The Morgan fingerprint density at radius 2 is 1.35 bits per heavy atom. The fraction of sp³-hybridized carbons (Fsp3) is 0.944. The third-order valence-corrected chi connectivity index (χ3v) is 7.76. The zero-order valence-electron chi connectivity index (χ0n) is 16.8. The molecule has 0 rings (SSSR count). The van der Waals surface area contributed by atoms with E-state index in [2.05, 4.69) is 0 Å². The van der Waals surface area contributed by atoms with Gasteiger partial charge in [-0.2, -0.15) is 23.5 Å². The van der Waals surface area contributed by atoms with Gasteiger partial charge in [0, 0.05) is 6.16 Å². The van der Waals surface area contributed by atoms with Crippen molar-refractivity contribution >= 4 is 37.0 Å². The Morgan fingerprint density at radius 3 is 1.77 bits per heavy atom. The van der Waals surface area contributed by atoms with Crippen LogP contribution in [-0.2, 0) is 9.36 Å². The van der Waals surface area contributed by atoms with Crippen LogP contribution in [0.15, 0.2) is 0 Å². The maximum atomic E-state index is 11.3. The molecule has 26 heavy (non-hydrogen) atoms. The number of rotatable bonds is 16. The molecule has 156 valence electrons. The third kappa shape index (κ3) is 17.7. The Morgan fingerprint density at radius 1 is 0.923 bits per heavy atom. The molecule has 1 unspecified atom stereocenters. The minimum Gasteiger partial charge on any atom is -0.481 e. The van der Waals surface area contributed by atoms with E-state index in [1.54, 1.807) is 0 Å². The van der Waals surface area contributed by atoms with Gasteiger partial charge in [0.1, 0.15) is 0 Å². The van der Waals surface area contributed by atoms with Crippen LogP contribution in [0.25, 0.3) is 0 Å². The average molecular weight is 428 g/mol. The Labute approximate surface area is 168 Å². The minimum atomic E-state index is -3.42. The van der Waals surface area contributed by atoms with Crippen LogP contribution in [0, 0.1) is 10.8 Å². The van der Waals surface area contributed by atoms with Gasteiger partial charge < -0.3 is 10.00 Å². The number of hydrogen-bond donors (Lipinski definition) is 3. The van der Waals surface area contributed by atoms with E-state index in [0.29, 0.717) is 0 Å². The first-order chi connectivity index (χ1) is 11.8. The van der Waals surface area contributed by atoms with Crippen molar-refractivity contribution in [3.63, 3.8) is 0 Å². The summed E-state index contributed by atoms with van der Waals surface area (Å²) in [5.74, 6) is 3.77. The molecule has 0 aliphatic carbocycles. The molecule has 0 bridgehead atoms. The van der Waals surface area contributed by atoms with Crippen molar-refractivity contribution < 1.29 is 19.4 Å². The molecule has 0 aliphatic rings. The van der Waals surface area contributed by atoms with Gasteiger partial charge in [-0.3, -0.25) is 14.9 Å². The molecule has 0 amide bonds. The van der Waals surface area contributed by atoms with Crippen LogP contribution in [0.4, 0.5) is 0 Å². The van der Waals surface area contributed by atoms with Crippen LogP contribution < -0.4 is 5.50 Å². The highest BCUT2D eigenvalue weighted by atomic mass is 32.2. The van der Waals surface area contributed by atoms with Crippen LogP contribution in [-0.4, -0.2) is 45.1 Å². The van der Waals surface area contributed by atoms with Crippen molar-refractivity contribution in [1.82, 2.24) is 0 Å².